The fourth-order valence-corrected chi connectivity index (χ4v) is 2.55. The van der Waals surface area contributed by atoms with Crippen LogP contribution >= 0.6 is 0 Å². The van der Waals surface area contributed by atoms with Crippen LogP contribution in [0.1, 0.15) is 5.56 Å². The summed E-state index contributed by atoms with van der Waals surface area (Å²) in [5.74, 6) is 1.65. The third-order valence-electron chi connectivity index (χ3n) is 3.99. The fourth-order valence-electron chi connectivity index (χ4n) is 2.55. The summed E-state index contributed by atoms with van der Waals surface area (Å²) >= 11 is 0. The van der Waals surface area contributed by atoms with E-state index in [-0.39, 0.29) is 5.69 Å². The summed E-state index contributed by atoms with van der Waals surface area (Å²) in [4.78, 5) is 22.6. The standard InChI is InChI=1S/C18H16N6O3/c1-11-3-4-13(26-2)8-14(11)23-17-20-9-15(27-17)12-5-6-19-16(7-12)24-18(25)21-10-22-24/h3-10H,1-2H3,(H,20,23)(H,21,22,25). The number of hydrogen-bond acceptors (Lipinski definition) is 7. The molecule has 0 unspecified atom stereocenters. The molecule has 4 rings (SSSR count). The Labute approximate surface area is 153 Å². The molecule has 27 heavy (non-hydrogen) atoms. The number of anilines is 2. The minimum absolute atomic E-state index is 0.344. The molecule has 0 amide bonds. The zero-order valence-corrected chi connectivity index (χ0v) is 14.6. The lowest BCUT2D eigenvalue weighted by Crippen LogP contribution is -2.17. The maximum absolute atomic E-state index is 11.7. The molecule has 3 aromatic heterocycles. The number of aryl methyl sites for hydroxylation is 1. The maximum Gasteiger partial charge on any atom is 0.349 e. The monoisotopic (exact) mass is 364 g/mol. The molecular formula is C18H16N6O3. The SMILES string of the molecule is COc1ccc(C)c(Nc2ncc(-c3ccnc(-n4nc[nH]c4=O)c3)o2)c1. The van der Waals surface area contributed by atoms with E-state index >= 15 is 0 Å². The first-order chi connectivity index (χ1) is 13.1. The number of aromatic nitrogens is 5. The van der Waals surface area contributed by atoms with E-state index in [0.29, 0.717) is 17.6 Å². The molecule has 3 heterocycles. The van der Waals surface area contributed by atoms with Crippen LogP contribution in [0.3, 0.4) is 0 Å². The van der Waals surface area contributed by atoms with E-state index in [1.165, 1.54) is 11.0 Å². The molecule has 136 valence electrons. The minimum Gasteiger partial charge on any atom is -0.497 e. The van der Waals surface area contributed by atoms with Crippen molar-refractivity contribution in [1.29, 1.82) is 0 Å². The van der Waals surface area contributed by atoms with Crippen LogP contribution in [0.25, 0.3) is 17.1 Å². The summed E-state index contributed by atoms with van der Waals surface area (Å²) in [6.45, 7) is 1.97. The summed E-state index contributed by atoms with van der Waals surface area (Å²) < 4.78 is 12.2. The first kappa shape index (κ1) is 16.6. The summed E-state index contributed by atoms with van der Waals surface area (Å²) in [5.41, 5.74) is 2.21. The summed E-state index contributed by atoms with van der Waals surface area (Å²) in [7, 11) is 1.61. The van der Waals surface area contributed by atoms with E-state index in [2.05, 4.69) is 25.4 Å². The molecule has 0 atom stereocenters. The van der Waals surface area contributed by atoms with Crippen molar-refractivity contribution in [2.24, 2.45) is 0 Å². The van der Waals surface area contributed by atoms with Gasteiger partial charge in [-0.3, -0.25) is 4.98 Å². The predicted molar refractivity (Wildman–Crippen MR) is 98.5 cm³/mol. The topological polar surface area (TPSA) is 111 Å². The van der Waals surface area contributed by atoms with Crippen LogP contribution in [0.4, 0.5) is 11.7 Å². The number of nitrogens with one attached hydrogen (secondary N) is 2. The van der Waals surface area contributed by atoms with Crippen LogP contribution < -0.4 is 15.7 Å². The third-order valence-corrected chi connectivity index (χ3v) is 3.99. The molecule has 2 N–H and O–H groups in total. The van der Waals surface area contributed by atoms with Crippen molar-refractivity contribution in [1.82, 2.24) is 24.7 Å². The molecule has 0 aliphatic rings. The first-order valence-corrected chi connectivity index (χ1v) is 8.11. The number of oxazole rings is 1. The summed E-state index contributed by atoms with van der Waals surface area (Å²) in [6.07, 6.45) is 4.49. The Morgan fingerprint density at radius 1 is 1.22 bits per heavy atom. The minimum atomic E-state index is -0.368. The van der Waals surface area contributed by atoms with Crippen LogP contribution in [0.5, 0.6) is 5.75 Å². The number of nitrogens with zero attached hydrogens (tertiary/aromatic N) is 4. The third kappa shape index (κ3) is 3.30. The van der Waals surface area contributed by atoms with Crippen molar-refractivity contribution in [3.8, 4) is 22.9 Å². The van der Waals surface area contributed by atoms with Crippen LogP contribution in [0.15, 0.2) is 58.3 Å². The predicted octanol–water partition coefficient (Wildman–Crippen LogP) is 2.67. The Morgan fingerprint density at radius 2 is 2.11 bits per heavy atom. The molecule has 0 radical (unpaired) electrons. The number of hydrogen-bond donors (Lipinski definition) is 2. The van der Waals surface area contributed by atoms with E-state index < -0.39 is 0 Å². The highest BCUT2D eigenvalue weighted by Gasteiger charge is 2.11. The lowest BCUT2D eigenvalue weighted by Gasteiger charge is -2.08. The molecule has 0 bridgehead atoms. The Hall–Kier alpha value is -3.88. The van der Waals surface area contributed by atoms with Crippen LogP contribution in [-0.4, -0.2) is 31.8 Å². The van der Waals surface area contributed by atoms with Crippen LogP contribution in [-0.2, 0) is 0 Å². The quantitative estimate of drug-likeness (QED) is 0.560. The number of methoxy groups -OCH3 is 1. The van der Waals surface area contributed by atoms with Gasteiger partial charge < -0.3 is 14.5 Å². The highest BCUT2D eigenvalue weighted by atomic mass is 16.5. The molecule has 0 aliphatic heterocycles. The van der Waals surface area contributed by atoms with Gasteiger partial charge in [-0.1, -0.05) is 6.07 Å². The number of aromatic amines is 1. The summed E-state index contributed by atoms with van der Waals surface area (Å²) in [5, 5.41) is 7.07. The molecule has 9 nitrogen and oxygen atoms in total. The van der Waals surface area contributed by atoms with Gasteiger partial charge in [-0.25, -0.2) is 14.8 Å². The van der Waals surface area contributed by atoms with E-state index in [1.54, 1.807) is 31.6 Å². The van der Waals surface area contributed by atoms with Gasteiger partial charge in [-0.15, -0.1) is 0 Å². The van der Waals surface area contributed by atoms with Crippen molar-refractivity contribution in [2.75, 3.05) is 12.4 Å². The van der Waals surface area contributed by atoms with Crippen molar-refractivity contribution < 1.29 is 9.15 Å². The average Bonchev–Trinajstić information content (AvgIpc) is 3.33. The number of benzene rings is 1. The largest absolute Gasteiger partial charge is 0.497 e. The zero-order chi connectivity index (χ0) is 18.8. The second kappa shape index (κ2) is 6.79. The Morgan fingerprint density at radius 3 is 2.89 bits per heavy atom. The van der Waals surface area contributed by atoms with E-state index in [4.69, 9.17) is 9.15 Å². The Bertz CT molecular complexity index is 1140. The highest BCUT2D eigenvalue weighted by molar-refractivity contribution is 5.63. The van der Waals surface area contributed by atoms with Gasteiger partial charge in [0, 0.05) is 23.5 Å². The van der Waals surface area contributed by atoms with Gasteiger partial charge in [0.25, 0.3) is 6.01 Å². The van der Waals surface area contributed by atoms with Gasteiger partial charge in [0.15, 0.2) is 11.6 Å². The molecule has 0 saturated carbocycles. The zero-order valence-electron chi connectivity index (χ0n) is 14.6. The van der Waals surface area contributed by atoms with Crippen molar-refractivity contribution >= 4 is 11.7 Å². The molecular weight excluding hydrogens is 348 g/mol. The van der Waals surface area contributed by atoms with Crippen LogP contribution in [0.2, 0.25) is 0 Å². The molecule has 4 aromatic rings. The smallest absolute Gasteiger partial charge is 0.349 e. The fraction of sp³-hybridized carbons (Fsp3) is 0.111. The Kier molecular flexibility index (Phi) is 4.17. The van der Waals surface area contributed by atoms with E-state index in [9.17, 15) is 4.79 Å². The first-order valence-electron chi connectivity index (χ1n) is 8.11. The van der Waals surface area contributed by atoms with Gasteiger partial charge in [-0.2, -0.15) is 9.78 Å². The van der Waals surface area contributed by atoms with Crippen molar-refractivity contribution in [3.05, 3.63) is 65.1 Å². The number of rotatable bonds is 5. The highest BCUT2D eigenvalue weighted by Crippen LogP contribution is 2.28. The maximum atomic E-state index is 11.7. The van der Waals surface area contributed by atoms with Gasteiger partial charge in [0.05, 0.1) is 13.3 Å². The van der Waals surface area contributed by atoms with E-state index in [1.807, 2.05) is 25.1 Å². The van der Waals surface area contributed by atoms with Gasteiger partial charge in [-0.05, 0) is 30.7 Å². The molecule has 0 fully saturated rings. The lowest BCUT2D eigenvalue weighted by molar-refractivity contribution is 0.415. The van der Waals surface area contributed by atoms with E-state index in [0.717, 1.165) is 22.6 Å². The molecule has 0 saturated heterocycles. The second-order valence-corrected chi connectivity index (χ2v) is 5.74. The van der Waals surface area contributed by atoms with Gasteiger partial charge in [0.1, 0.15) is 12.1 Å². The van der Waals surface area contributed by atoms with Crippen LogP contribution in [0, 0.1) is 6.92 Å². The molecule has 0 spiro atoms. The normalized spacial score (nSPS) is 10.7. The number of pyridine rings is 1. The molecule has 1 aromatic carbocycles. The van der Waals surface area contributed by atoms with Gasteiger partial charge in [0.2, 0.25) is 0 Å². The number of H-pyrrole nitrogens is 1. The number of ether oxygens (including phenoxy) is 1. The van der Waals surface area contributed by atoms with Gasteiger partial charge >= 0.3 is 5.69 Å². The Balaban J connectivity index is 1.62. The second-order valence-electron chi connectivity index (χ2n) is 5.74. The molecule has 9 heteroatoms. The van der Waals surface area contributed by atoms with Crippen molar-refractivity contribution in [2.45, 2.75) is 6.92 Å². The summed E-state index contributed by atoms with van der Waals surface area (Å²) in [6, 6.07) is 9.51. The van der Waals surface area contributed by atoms with Crippen molar-refractivity contribution in [3.63, 3.8) is 0 Å². The lowest BCUT2D eigenvalue weighted by atomic mass is 10.2. The average molecular weight is 364 g/mol. The molecule has 0 aliphatic carbocycles.